The fourth-order valence-corrected chi connectivity index (χ4v) is 2.93. The number of carbonyl (C=O) groups is 1. The summed E-state index contributed by atoms with van der Waals surface area (Å²) >= 11 is 1.49. The largest absolute Gasteiger partial charge is 0.486 e. The average Bonchev–Trinajstić information content (AvgIpc) is 2.97. The lowest BCUT2D eigenvalue weighted by Crippen LogP contribution is -2.17. The summed E-state index contributed by atoms with van der Waals surface area (Å²) in [5, 5.41) is 2.82. The summed E-state index contributed by atoms with van der Waals surface area (Å²) in [6.07, 6.45) is 0.921. The van der Waals surface area contributed by atoms with Crippen LogP contribution in [0.3, 0.4) is 0 Å². The Hall–Kier alpha value is -2.21. The molecule has 1 aliphatic rings. The van der Waals surface area contributed by atoms with Crippen LogP contribution in [0.5, 0.6) is 11.5 Å². The molecule has 0 atom stereocenters. The molecule has 0 saturated carbocycles. The summed E-state index contributed by atoms with van der Waals surface area (Å²) < 4.78 is 10.9. The number of aryl methyl sites for hydroxylation is 1. The summed E-state index contributed by atoms with van der Waals surface area (Å²) in [7, 11) is 0. The fraction of sp³-hybridized carbons (Fsp3) is 0.267. The molecule has 6 heteroatoms. The molecule has 1 aromatic heterocycles. The van der Waals surface area contributed by atoms with Gasteiger partial charge in [-0.15, -0.1) is 11.3 Å². The van der Waals surface area contributed by atoms with Gasteiger partial charge in [0.1, 0.15) is 13.2 Å². The van der Waals surface area contributed by atoms with Gasteiger partial charge in [0, 0.05) is 17.0 Å². The van der Waals surface area contributed by atoms with Gasteiger partial charge in [0.15, 0.2) is 11.5 Å². The molecule has 3 N–H and O–H groups in total. The highest BCUT2D eigenvalue weighted by molar-refractivity contribution is 7.14. The molecule has 1 aromatic carbocycles. The number of hydrogen-bond acceptors (Lipinski definition) is 5. The van der Waals surface area contributed by atoms with Crippen LogP contribution in [0, 0.1) is 0 Å². The number of benzene rings is 1. The zero-order valence-corrected chi connectivity index (χ0v) is 12.5. The first-order valence-electron chi connectivity index (χ1n) is 6.76. The molecule has 1 amide bonds. The maximum absolute atomic E-state index is 12.2. The molecular formula is C15H16N2O3S. The number of nitrogens with two attached hydrogens (primary N) is 1. The molecule has 0 bridgehead atoms. The van der Waals surface area contributed by atoms with E-state index in [-0.39, 0.29) is 5.91 Å². The van der Waals surface area contributed by atoms with Crippen molar-refractivity contribution in [3.8, 4) is 11.5 Å². The summed E-state index contributed by atoms with van der Waals surface area (Å²) in [6, 6.07) is 7.17. The van der Waals surface area contributed by atoms with Gasteiger partial charge in [0.2, 0.25) is 0 Å². The van der Waals surface area contributed by atoms with E-state index in [0.29, 0.717) is 41.0 Å². The van der Waals surface area contributed by atoms with Crippen molar-refractivity contribution >= 4 is 28.6 Å². The maximum atomic E-state index is 12.2. The molecule has 5 nitrogen and oxygen atoms in total. The van der Waals surface area contributed by atoms with Gasteiger partial charge in [-0.2, -0.15) is 0 Å². The molecule has 0 aliphatic carbocycles. The average molecular weight is 304 g/mol. The molecule has 2 aromatic rings. The van der Waals surface area contributed by atoms with Crippen molar-refractivity contribution < 1.29 is 14.3 Å². The monoisotopic (exact) mass is 304 g/mol. The maximum Gasteiger partial charge on any atom is 0.265 e. The first kappa shape index (κ1) is 13.8. The summed E-state index contributed by atoms with van der Waals surface area (Å²) in [4.78, 5) is 14.1. The molecule has 1 aliphatic heterocycles. The topological polar surface area (TPSA) is 73.6 Å². The van der Waals surface area contributed by atoms with Gasteiger partial charge < -0.3 is 20.5 Å². The van der Waals surface area contributed by atoms with Gasteiger partial charge in [0.25, 0.3) is 5.91 Å². The lowest BCUT2D eigenvalue weighted by molar-refractivity contribution is 0.103. The predicted molar refractivity (Wildman–Crippen MR) is 83.5 cm³/mol. The standard InChI is InChI=1S/C15H16N2O3S/c1-2-9-3-4-14(21-9)15(18)17-11-8-13-12(7-10(11)16)19-5-6-20-13/h3-4,7-8H,2,5-6,16H2,1H3,(H,17,18). The number of rotatable bonds is 3. The van der Waals surface area contributed by atoms with Crippen LogP contribution < -0.4 is 20.5 Å². The number of nitrogens with one attached hydrogen (secondary N) is 1. The second kappa shape index (κ2) is 5.65. The van der Waals surface area contributed by atoms with Gasteiger partial charge >= 0.3 is 0 Å². The molecule has 110 valence electrons. The van der Waals surface area contributed by atoms with Gasteiger partial charge in [-0.25, -0.2) is 0 Å². The van der Waals surface area contributed by atoms with Crippen LogP contribution in [-0.4, -0.2) is 19.1 Å². The third-order valence-corrected chi connectivity index (χ3v) is 4.42. The Bertz CT molecular complexity index is 682. The van der Waals surface area contributed by atoms with Crippen molar-refractivity contribution in [1.82, 2.24) is 0 Å². The van der Waals surface area contributed by atoms with E-state index in [0.717, 1.165) is 6.42 Å². The lowest BCUT2D eigenvalue weighted by atomic mass is 10.2. The van der Waals surface area contributed by atoms with Crippen LogP contribution in [0.15, 0.2) is 24.3 Å². The van der Waals surface area contributed by atoms with Crippen molar-refractivity contribution in [2.24, 2.45) is 0 Å². The van der Waals surface area contributed by atoms with Gasteiger partial charge in [-0.1, -0.05) is 6.92 Å². The number of hydrogen-bond donors (Lipinski definition) is 2. The van der Waals surface area contributed by atoms with Crippen LogP contribution in [0.25, 0.3) is 0 Å². The Morgan fingerprint density at radius 2 is 2.00 bits per heavy atom. The zero-order chi connectivity index (χ0) is 14.8. The highest BCUT2D eigenvalue weighted by Crippen LogP contribution is 2.37. The second-order valence-electron chi connectivity index (χ2n) is 4.66. The molecule has 0 fully saturated rings. The molecule has 0 radical (unpaired) electrons. The number of fused-ring (bicyclic) bond motifs is 1. The summed E-state index contributed by atoms with van der Waals surface area (Å²) in [5.74, 6) is 1.05. The number of thiophene rings is 1. The zero-order valence-electron chi connectivity index (χ0n) is 11.6. The molecule has 0 unspecified atom stereocenters. The third-order valence-electron chi connectivity index (χ3n) is 3.20. The van der Waals surface area contributed by atoms with Crippen molar-refractivity contribution in [3.63, 3.8) is 0 Å². The quantitative estimate of drug-likeness (QED) is 0.855. The minimum atomic E-state index is -0.164. The number of anilines is 2. The van der Waals surface area contributed by atoms with Crippen LogP contribution >= 0.6 is 11.3 Å². The van der Waals surface area contributed by atoms with E-state index in [1.54, 1.807) is 12.1 Å². The van der Waals surface area contributed by atoms with Crippen molar-refractivity contribution in [3.05, 3.63) is 34.0 Å². The predicted octanol–water partition coefficient (Wildman–Crippen LogP) is 2.92. The molecule has 2 heterocycles. The minimum absolute atomic E-state index is 0.164. The van der Waals surface area contributed by atoms with E-state index in [4.69, 9.17) is 15.2 Å². The Labute approximate surface area is 126 Å². The first-order chi connectivity index (χ1) is 10.2. The van der Waals surface area contributed by atoms with E-state index in [9.17, 15) is 4.79 Å². The molecule has 0 saturated heterocycles. The van der Waals surface area contributed by atoms with Crippen molar-refractivity contribution in [2.75, 3.05) is 24.3 Å². The molecule has 0 spiro atoms. The van der Waals surface area contributed by atoms with Crippen molar-refractivity contribution in [1.29, 1.82) is 0 Å². The van der Waals surface area contributed by atoms with Gasteiger partial charge in [-0.05, 0) is 18.6 Å². The van der Waals surface area contributed by atoms with E-state index in [2.05, 4.69) is 12.2 Å². The fourth-order valence-electron chi connectivity index (χ4n) is 2.09. The van der Waals surface area contributed by atoms with E-state index < -0.39 is 0 Å². The normalized spacial score (nSPS) is 13.0. The Kier molecular flexibility index (Phi) is 3.70. The van der Waals surface area contributed by atoms with Gasteiger partial charge in [-0.3, -0.25) is 4.79 Å². The van der Waals surface area contributed by atoms with Crippen LogP contribution in [-0.2, 0) is 6.42 Å². The SMILES string of the molecule is CCc1ccc(C(=O)Nc2cc3c(cc2N)OCCO3)s1. The smallest absolute Gasteiger partial charge is 0.265 e. The van der Waals surface area contributed by atoms with E-state index in [1.165, 1.54) is 16.2 Å². The first-order valence-corrected chi connectivity index (χ1v) is 7.58. The second-order valence-corrected chi connectivity index (χ2v) is 5.83. The third kappa shape index (κ3) is 2.80. The Morgan fingerprint density at radius 1 is 1.29 bits per heavy atom. The molecule has 3 rings (SSSR count). The minimum Gasteiger partial charge on any atom is -0.486 e. The Morgan fingerprint density at radius 3 is 2.67 bits per heavy atom. The lowest BCUT2D eigenvalue weighted by Gasteiger charge is -2.20. The molecule has 21 heavy (non-hydrogen) atoms. The number of carbonyl (C=O) groups excluding carboxylic acids is 1. The van der Waals surface area contributed by atoms with Crippen LogP contribution in [0.1, 0.15) is 21.5 Å². The highest BCUT2D eigenvalue weighted by Gasteiger charge is 2.17. The van der Waals surface area contributed by atoms with E-state index in [1.807, 2.05) is 12.1 Å². The number of ether oxygens (including phenoxy) is 2. The van der Waals surface area contributed by atoms with Crippen LogP contribution in [0.4, 0.5) is 11.4 Å². The molecular weight excluding hydrogens is 288 g/mol. The van der Waals surface area contributed by atoms with Crippen molar-refractivity contribution in [2.45, 2.75) is 13.3 Å². The summed E-state index contributed by atoms with van der Waals surface area (Å²) in [6.45, 7) is 3.06. The van der Waals surface area contributed by atoms with Gasteiger partial charge in [0.05, 0.1) is 16.3 Å². The Balaban J connectivity index is 1.82. The number of amides is 1. The number of nitrogen functional groups attached to an aromatic ring is 1. The van der Waals surface area contributed by atoms with Crippen LogP contribution in [0.2, 0.25) is 0 Å². The highest BCUT2D eigenvalue weighted by atomic mass is 32.1. The van der Waals surface area contributed by atoms with E-state index >= 15 is 0 Å². The summed E-state index contributed by atoms with van der Waals surface area (Å²) in [5.41, 5.74) is 6.95.